The van der Waals surface area contributed by atoms with E-state index in [0.717, 1.165) is 20.9 Å². The van der Waals surface area contributed by atoms with Gasteiger partial charge in [0.15, 0.2) is 0 Å². The fourth-order valence-corrected chi connectivity index (χ4v) is 4.88. The number of hydrogen-bond acceptors (Lipinski definition) is 4. The number of para-hydroxylation sites is 1. The fourth-order valence-electron chi connectivity index (χ4n) is 4.61. The lowest BCUT2D eigenvalue weighted by atomic mass is 9.95. The molecule has 2 N–H and O–H groups in total. The van der Waals surface area contributed by atoms with E-state index in [2.05, 4.69) is 20.9 Å². The highest BCUT2D eigenvalue weighted by molar-refractivity contribution is 9.10. The Morgan fingerprint density at radius 2 is 1.83 bits per heavy atom. The number of methoxy groups -OCH3 is 1. The number of rotatable bonds is 6. The highest BCUT2D eigenvalue weighted by Crippen LogP contribution is 2.40. The number of hydrogen-bond donors (Lipinski definition) is 2. The molecular weight excluding hydrogens is 508 g/mol. The summed E-state index contributed by atoms with van der Waals surface area (Å²) in [6.45, 7) is 0.311. The number of aliphatic hydroxyl groups is 1. The third-order valence-electron chi connectivity index (χ3n) is 6.36. The summed E-state index contributed by atoms with van der Waals surface area (Å²) in [5.41, 5.74) is 3.31. The summed E-state index contributed by atoms with van der Waals surface area (Å²) in [6, 6.07) is 21.5. The number of ether oxygens (including phenoxy) is 1. The number of carbonyl (C=O) groups is 2. The number of benzene rings is 3. The molecule has 1 fully saturated rings. The number of H-pyrrole nitrogens is 1. The molecule has 5 rings (SSSR count). The van der Waals surface area contributed by atoms with Gasteiger partial charge in [-0.25, -0.2) is 0 Å². The summed E-state index contributed by atoms with van der Waals surface area (Å²) in [5, 5.41) is 12.3. The third kappa shape index (κ3) is 4.23. The van der Waals surface area contributed by atoms with Crippen LogP contribution in [0.1, 0.15) is 22.7 Å². The van der Waals surface area contributed by atoms with Crippen LogP contribution >= 0.6 is 15.9 Å². The van der Waals surface area contributed by atoms with Crippen molar-refractivity contribution in [3.8, 4) is 5.75 Å². The summed E-state index contributed by atoms with van der Waals surface area (Å²) < 4.78 is 6.23. The van der Waals surface area contributed by atoms with E-state index in [4.69, 9.17) is 4.74 Å². The zero-order valence-electron chi connectivity index (χ0n) is 19.0. The number of nitrogens with zero attached hydrogens (tertiary/aromatic N) is 1. The topological polar surface area (TPSA) is 82.6 Å². The minimum Gasteiger partial charge on any atom is -0.507 e. The van der Waals surface area contributed by atoms with Crippen LogP contribution in [0.15, 0.2) is 89.0 Å². The van der Waals surface area contributed by atoms with Crippen LogP contribution < -0.4 is 4.74 Å². The number of halogens is 1. The molecule has 0 spiro atoms. The predicted molar refractivity (Wildman–Crippen MR) is 138 cm³/mol. The lowest BCUT2D eigenvalue weighted by Crippen LogP contribution is -2.31. The Morgan fingerprint density at radius 1 is 1.06 bits per heavy atom. The number of aromatic nitrogens is 1. The van der Waals surface area contributed by atoms with E-state index in [1.54, 1.807) is 48.4 Å². The number of likely N-dealkylation sites (tertiary alicyclic amines) is 1. The smallest absolute Gasteiger partial charge is 0.295 e. The molecule has 1 aliphatic rings. The van der Waals surface area contributed by atoms with Crippen LogP contribution in [0.3, 0.4) is 0 Å². The first-order valence-corrected chi connectivity index (χ1v) is 12.0. The van der Waals surface area contributed by atoms with Crippen molar-refractivity contribution in [2.45, 2.75) is 12.5 Å². The van der Waals surface area contributed by atoms with Gasteiger partial charge >= 0.3 is 0 Å². The molecule has 176 valence electrons. The number of Topliss-reactive ketones (excluding diaryl/α,β-unsaturated/α-hetero) is 1. The first-order chi connectivity index (χ1) is 17.0. The molecule has 6 nitrogen and oxygen atoms in total. The zero-order valence-corrected chi connectivity index (χ0v) is 20.6. The summed E-state index contributed by atoms with van der Waals surface area (Å²) >= 11 is 3.39. The number of aromatic amines is 1. The predicted octanol–water partition coefficient (Wildman–Crippen LogP) is 5.60. The molecule has 0 bridgehead atoms. The molecular formula is C28H23BrN2O4. The molecule has 3 aromatic carbocycles. The second-order valence-corrected chi connectivity index (χ2v) is 9.30. The third-order valence-corrected chi connectivity index (χ3v) is 6.89. The van der Waals surface area contributed by atoms with Gasteiger partial charge < -0.3 is 19.7 Å². The van der Waals surface area contributed by atoms with Gasteiger partial charge in [0.2, 0.25) is 0 Å². The molecule has 1 atom stereocenters. The van der Waals surface area contributed by atoms with Crippen molar-refractivity contribution < 1.29 is 19.4 Å². The van der Waals surface area contributed by atoms with Crippen molar-refractivity contribution in [1.29, 1.82) is 0 Å². The summed E-state index contributed by atoms with van der Waals surface area (Å²) in [7, 11) is 1.56. The van der Waals surface area contributed by atoms with E-state index >= 15 is 0 Å². The van der Waals surface area contributed by atoms with E-state index in [9.17, 15) is 14.7 Å². The van der Waals surface area contributed by atoms with Gasteiger partial charge in [-0.15, -0.1) is 0 Å². The van der Waals surface area contributed by atoms with Crippen LogP contribution in [0.5, 0.6) is 5.75 Å². The summed E-state index contributed by atoms with van der Waals surface area (Å²) in [4.78, 5) is 31.3. The van der Waals surface area contributed by atoms with Crippen molar-refractivity contribution in [2.24, 2.45) is 0 Å². The highest BCUT2D eigenvalue weighted by Gasteiger charge is 2.46. The number of carbonyl (C=O) groups excluding carboxylic acids is 2. The van der Waals surface area contributed by atoms with Gasteiger partial charge in [-0.05, 0) is 47.9 Å². The van der Waals surface area contributed by atoms with Crippen LogP contribution in [0, 0.1) is 0 Å². The van der Waals surface area contributed by atoms with Gasteiger partial charge in [0.25, 0.3) is 11.7 Å². The van der Waals surface area contributed by atoms with Gasteiger partial charge in [0.1, 0.15) is 11.5 Å². The van der Waals surface area contributed by atoms with Crippen molar-refractivity contribution in [2.75, 3.05) is 13.7 Å². The molecule has 35 heavy (non-hydrogen) atoms. The molecule has 0 saturated carbocycles. The van der Waals surface area contributed by atoms with E-state index in [0.29, 0.717) is 29.8 Å². The number of fused-ring (bicyclic) bond motifs is 1. The summed E-state index contributed by atoms with van der Waals surface area (Å²) in [5.74, 6) is -0.917. The molecule has 0 radical (unpaired) electrons. The Bertz CT molecular complexity index is 1460. The lowest BCUT2D eigenvalue weighted by molar-refractivity contribution is -0.139. The number of nitrogens with one attached hydrogen (secondary N) is 1. The van der Waals surface area contributed by atoms with Gasteiger partial charge in [-0.3, -0.25) is 9.59 Å². The Hall–Kier alpha value is -3.84. The first kappa shape index (κ1) is 22.9. The van der Waals surface area contributed by atoms with Crippen LogP contribution in [0.4, 0.5) is 0 Å². The number of amides is 1. The second-order valence-electron chi connectivity index (χ2n) is 8.39. The first-order valence-electron chi connectivity index (χ1n) is 11.2. The average Bonchev–Trinajstić information content (AvgIpc) is 3.41. The van der Waals surface area contributed by atoms with E-state index in [-0.39, 0.29) is 11.3 Å². The standard InChI is InChI=1S/C28H23BrN2O4/c1-35-21-6-4-5-18(15-21)25-24(26(32)17-9-11-20(29)12-10-17)27(33)28(34)31(25)14-13-19-16-30-23-8-3-2-7-22(19)23/h2-12,15-16,25,30,32H,13-14H2,1H3. The maximum atomic E-state index is 13.3. The van der Waals surface area contributed by atoms with E-state index in [1.165, 1.54) is 0 Å². The average molecular weight is 531 g/mol. The summed E-state index contributed by atoms with van der Waals surface area (Å²) in [6.07, 6.45) is 2.49. The highest BCUT2D eigenvalue weighted by atomic mass is 79.9. The normalized spacial score (nSPS) is 17.3. The Morgan fingerprint density at radius 3 is 2.60 bits per heavy atom. The molecule has 7 heteroatoms. The monoisotopic (exact) mass is 530 g/mol. The minimum absolute atomic E-state index is 0.0736. The maximum absolute atomic E-state index is 13.3. The Kier molecular flexibility index (Phi) is 6.17. The molecule has 2 heterocycles. The van der Waals surface area contributed by atoms with Crippen molar-refractivity contribution >= 4 is 44.3 Å². The Labute approximate surface area is 211 Å². The minimum atomic E-state index is -0.737. The van der Waals surface area contributed by atoms with Gasteiger partial charge in [-0.2, -0.15) is 0 Å². The quantitative estimate of drug-likeness (QED) is 0.193. The molecule has 0 aliphatic carbocycles. The maximum Gasteiger partial charge on any atom is 0.295 e. The van der Waals surface area contributed by atoms with Gasteiger partial charge in [-0.1, -0.05) is 58.4 Å². The van der Waals surface area contributed by atoms with Crippen molar-refractivity contribution in [3.05, 3.63) is 106 Å². The molecule has 1 unspecified atom stereocenters. The van der Waals surface area contributed by atoms with Crippen LogP contribution in [0.2, 0.25) is 0 Å². The molecule has 1 amide bonds. The van der Waals surface area contributed by atoms with E-state index < -0.39 is 17.7 Å². The number of ketones is 1. The fraction of sp³-hybridized carbons (Fsp3) is 0.143. The van der Waals surface area contributed by atoms with Gasteiger partial charge in [0.05, 0.1) is 18.7 Å². The van der Waals surface area contributed by atoms with E-state index in [1.807, 2.05) is 42.6 Å². The van der Waals surface area contributed by atoms with Crippen LogP contribution in [-0.2, 0) is 16.0 Å². The van der Waals surface area contributed by atoms with Crippen LogP contribution in [-0.4, -0.2) is 40.3 Å². The molecule has 1 aliphatic heterocycles. The van der Waals surface area contributed by atoms with Crippen molar-refractivity contribution in [3.63, 3.8) is 0 Å². The Balaban J connectivity index is 1.58. The molecule has 1 aromatic heterocycles. The molecule has 1 saturated heterocycles. The lowest BCUT2D eigenvalue weighted by Gasteiger charge is -2.25. The largest absolute Gasteiger partial charge is 0.507 e. The zero-order chi connectivity index (χ0) is 24.5. The second kappa shape index (κ2) is 9.43. The molecule has 4 aromatic rings. The van der Waals surface area contributed by atoms with Gasteiger partial charge in [0, 0.05) is 33.7 Å². The van der Waals surface area contributed by atoms with Crippen LogP contribution in [0.25, 0.3) is 16.7 Å². The number of aliphatic hydroxyl groups excluding tert-OH is 1. The van der Waals surface area contributed by atoms with Crippen molar-refractivity contribution in [1.82, 2.24) is 9.88 Å². The SMILES string of the molecule is COc1cccc(C2C(=C(O)c3ccc(Br)cc3)C(=O)C(=O)N2CCc2c[nH]c3ccccc23)c1.